The minimum atomic E-state index is 0. The number of hydrogen-bond donors (Lipinski definition) is 1. The van der Waals surface area contributed by atoms with Crippen molar-refractivity contribution in [1.82, 2.24) is 15.2 Å². The van der Waals surface area contributed by atoms with Gasteiger partial charge in [0.2, 0.25) is 5.89 Å². The topological polar surface area (TPSA) is 72.1 Å². The van der Waals surface area contributed by atoms with Crippen molar-refractivity contribution in [2.24, 2.45) is 4.99 Å². The van der Waals surface area contributed by atoms with Crippen molar-refractivity contribution in [2.75, 3.05) is 27.3 Å². The minimum absolute atomic E-state index is 0. The number of methoxy groups -OCH3 is 2. The van der Waals surface area contributed by atoms with E-state index in [1.54, 1.807) is 14.2 Å². The maximum Gasteiger partial charge on any atom is 0.216 e. The van der Waals surface area contributed by atoms with E-state index in [4.69, 9.17) is 18.9 Å². The Kier molecular flexibility index (Phi) is 7.97. The zero-order valence-corrected chi connectivity index (χ0v) is 19.5. The third kappa shape index (κ3) is 4.89. The summed E-state index contributed by atoms with van der Waals surface area (Å²) in [6.07, 6.45) is 0.928. The molecule has 0 amide bonds. The zero-order chi connectivity index (χ0) is 19.4. The molecule has 8 heteroatoms. The highest BCUT2D eigenvalue weighted by Crippen LogP contribution is 2.33. The summed E-state index contributed by atoms with van der Waals surface area (Å²) >= 11 is 0. The maximum atomic E-state index is 5.65. The van der Waals surface area contributed by atoms with E-state index in [1.807, 2.05) is 13.8 Å². The minimum Gasteiger partial charge on any atom is -0.493 e. The zero-order valence-electron chi connectivity index (χ0n) is 17.2. The van der Waals surface area contributed by atoms with Crippen LogP contribution in [0.2, 0.25) is 0 Å². The first-order chi connectivity index (χ1) is 13.0. The van der Waals surface area contributed by atoms with Gasteiger partial charge in [-0.1, -0.05) is 0 Å². The summed E-state index contributed by atoms with van der Waals surface area (Å²) in [6, 6.07) is 4.14. The third-order valence-electron chi connectivity index (χ3n) is 4.79. The number of fused-ring (bicyclic) bond motifs is 1. The quantitative estimate of drug-likeness (QED) is 0.386. The Morgan fingerprint density at radius 1 is 1.21 bits per heavy atom. The highest BCUT2D eigenvalue weighted by molar-refractivity contribution is 14.0. The molecule has 0 radical (unpaired) electrons. The monoisotopic (exact) mass is 500 g/mol. The fraction of sp³-hybridized carbons (Fsp3) is 0.500. The van der Waals surface area contributed by atoms with Crippen molar-refractivity contribution in [3.8, 4) is 11.5 Å². The molecular formula is C20H29IN4O3. The molecule has 0 aliphatic carbocycles. The normalized spacial score (nSPS) is 13.6. The molecule has 0 atom stereocenters. The number of nitrogens with zero attached hydrogens (tertiary/aromatic N) is 3. The number of oxazole rings is 1. The number of hydrogen-bond acceptors (Lipinski definition) is 5. The molecule has 0 fully saturated rings. The van der Waals surface area contributed by atoms with E-state index in [0.717, 1.165) is 55.0 Å². The molecule has 3 rings (SSSR count). The van der Waals surface area contributed by atoms with Crippen LogP contribution in [-0.4, -0.2) is 43.2 Å². The smallest absolute Gasteiger partial charge is 0.216 e. The number of aliphatic imine (C=N–C) groups is 1. The first kappa shape index (κ1) is 22.3. The molecule has 2 aromatic rings. The molecule has 0 spiro atoms. The third-order valence-corrected chi connectivity index (χ3v) is 4.79. The van der Waals surface area contributed by atoms with Crippen molar-refractivity contribution in [1.29, 1.82) is 0 Å². The molecule has 1 N–H and O–H groups in total. The summed E-state index contributed by atoms with van der Waals surface area (Å²) in [7, 11) is 3.33. The lowest BCUT2D eigenvalue weighted by molar-refractivity contribution is 0.345. The molecule has 154 valence electrons. The second-order valence-corrected chi connectivity index (χ2v) is 6.57. The maximum absolute atomic E-state index is 5.65. The number of rotatable bonds is 5. The van der Waals surface area contributed by atoms with E-state index in [9.17, 15) is 0 Å². The van der Waals surface area contributed by atoms with Crippen molar-refractivity contribution in [3.05, 3.63) is 40.6 Å². The molecule has 0 saturated carbocycles. The van der Waals surface area contributed by atoms with Crippen LogP contribution in [0.25, 0.3) is 0 Å². The molecule has 0 saturated heterocycles. The first-order valence-electron chi connectivity index (χ1n) is 9.25. The van der Waals surface area contributed by atoms with E-state index < -0.39 is 0 Å². The van der Waals surface area contributed by atoms with E-state index >= 15 is 0 Å². The Morgan fingerprint density at radius 2 is 1.89 bits per heavy atom. The van der Waals surface area contributed by atoms with Crippen LogP contribution in [-0.2, 0) is 19.5 Å². The molecule has 1 aliphatic rings. The molecule has 1 aromatic heterocycles. The van der Waals surface area contributed by atoms with Crippen LogP contribution in [0.3, 0.4) is 0 Å². The number of ether oxygens (including phenoxy) is 2. The van der Waals surface area contributed by atoms with Gasteiger partial charge in [0.15, 0.2) is 17.5 Å². The van der Waals surface area contributed by atoms with Gasteiger partial charge in [-0.15, -0.1) is 24.0 Å². The van der Waals surface area contributed by atoms with Gasteiger partial charge in [0.05, 0.1) is 19.9 Å². The average molecular weight is 500 g/mol. The lowest BCUT2D eigenvalue weighted by Crippen LogP contribution is -2.44. The summed E-state index contributed by atoms with van der Waals surface area (Å²) in [4.78, 5) is 11.4. The second kappa shape index (κ2) is 9.99. The van der Waals surface area contributed by atoms with Gasteiger partial charge >= 0.3 is 0 Å². The Bertz CT molecular complexity index is 816. The van der Waals surface area contributed by atoms with Crippen LogP contribution in [0.1, 0.15) is 35.4 Å². The van der Waals surface area contributed by atoms with Crippen LogP contribution in [0.5, 0.6) is 11.5 Å². The number of halogens is 1. The van der Waals surface area contributed by atoms with E-state index in [1.165, 1.54) is 11.1 Å². The lowest BCUT2D eigenvalue weighted by atomic mass is 9.99. The van der Waals surface area contributed by atoms with Gasteiger partial charge in [0.25, 0.3) is 0 Å². The predicted molar refractivity (Wildman–Crippen MR) is 120 cm³/mol. The first-order valence-corrected chi connectivity index (χ1v) is 9.25. The van der Waals surface area contributed by atoms with E-state index in [2.05, 4.69) is 34.3 Å². The Morgan fingerprint density at radius 3 is 2.46 bits per heavy atom. The van der Waals surface area contributed by atoms with Crippen molar-refractivity contribution >= 4 is 29.9 Å². The Hall–Kier alpha value is -1.97. The highest BCUT2D eigenvalue weighted by atomic mass is 127. The van der Waals surface area contributed by atoms with Gasteiger partial charge in [0, 0.05) is 19.6 Å². The summed E-state index contributed by atoms with van der Waals surface area (Å²) in [6.45, 7) is 8.82. The van der Waals surface area contributed by atoms with Crippen molar-refractivity contribution in [3.63, 3.8) is 0 Å². The van der Waals surface area contributed by atoms with Crippen LogP contribution < -0.4 is 14.8 Å². The van der Waals surface area contributed by atoms with Gasteiger partial charge < -0.3 is 24.1 Å². The average Bonchev–Trinajstić information content (AvgIpc) is 3.01. The molecule has 0 unspecified atom stereocenters. The number of benzene rings is 1. The van der Waals surface area contributed by atoms with E-state index in [0.29, 0.717) is 12.4 Å². The van der Waals surface area contributed by atoms with Crippen LogP contribution in [0.4, 0.5) is 0 Å². The SMILES string of the molecule is CCNC(=NCc1nc(C)c(C)o1)N1CCc2cc(OC)c(OC)cc2C1.I. The summed E-state index contributed by atoms with van der Waals surface area (Å²) < 4.78 is 16.5. The highest BCUT2D eigenvalue weighted by Gasteiger charge is 2.22. The van der Waals surface area contributed by atoms with Gasteiger partial charge in [-0.05, 0) is 50.5 Å². The van der Waals surface area contributed by atoms with Crippen LogP contribution >= 0.6 is 24.0 Å². The Labute approximate surface area is 183 Å². The lowest BCUT2D eigenvalue weighted by Gasteiger charge is -2.32. The van der Waals surface area contributed by atoms with Crippen molar-refractivity contribution < 1.29 is 13.9 Å². The standard InChI is InChI=1S/C20H28N4O3.HI/c1-6-21-20(22-11-19-23-13(2)14(3)27-19)24-8-7-15-9-17(25-4)18(26-5)10-16(15)12-24;/h9-10H,6-8,11-12H2,1-5H3,(H,21,22);1H. The van der Waals surface area contributed by atoms with Gasteiger partial charge in [-0.25, -0.2) is 9.98 Å². The number of nitrogens with one attached hydrogen (secondary N) is 1. The second-order valence-electron chi connectivity index (χ2n) is 6.57. The molecule has 0 bridgehead atoms. The predicted octanol–water partition coefficient (Wildman–Crippen LogP) is 3.45. The molecule has 28 heavy (non-hydrogen) atoms. The number of aromatic nitrogens is 1. The molecule has 1 aliphatic heterocycles. The molecule has 2 heterocycles. The summed E-state index contributed by atoms with van der Waals surface area (Å²) in [5, 5.41) is 3.38. The van der Waals surface area contributed by atoms with Gasteiger partial charge in [0.1, 0.15) is 12.3 Å². The van der Waals surface area contributed by atoms with Crippen molar-refractivity contribution in [2.45, 2.75) is 40.3 Å². The van der Waals surface area contributed by atoms with E-state index in [-0.39, 0.29) is 24.0 Å². The van der Waals surface area contributed by atoms with Crippen LogP contribution in [0, 0.1) is 13.8 Å². The molecular weight excluding hydrogens is 471 g/mol. The van der Waals surface area contributed by atoms with Gasteiger partial charge in [-0.3, -0.25) is 0 Å². The number of aryl methyl sites for hydroxylation is 2. The fourth-order valence-electron chi connectivity index (χ4n) is 3.24. The molecule has 7 nitrogen and oxygen atoms in total. The van der Waals surface area contributed by atoms with Gasteiger partial charge in [-0.2, -0.15) is 0 Å². The Balaban J connectivity index is 0.00000280. The summed E-state index contributed by atoms with van der Waals surface area (Å²) in [5.74, 6) is 3.89. The molecule has 1 aromatic carbocycles. The summed E-state index contributed by atoms with van der Waals surface area (Å²) in [5.41, 5.74) is 3.43. The van der Waals surface area contributed by atoms with Crippen LogP contribution in [0.15, 0.2) is 21.5 Å². The fourth-order valence-corrected chi connectivity index (χ4v) is 3.24. The largest absolute Gasteiger partial charge is 0.493 e. The number of guanidine groups is 1.